The van der Waals surface area contributed by atoms with Crippen LogP contribution in [0, 0.1) is 0 Å². The lowest BCUT2D eigenvalue weighted by Gasteiger charge is -2.04. The van der Waals surface area contributed by atoms with Crippen LogP contribution in [0.25, 0.3) is 0 Å². The molecule has 1 heterocycles. The zero-order valence-electron chi connectivity index (χ0n) is 8.99. The SMILES string of the molecule is CCn1ncc(Cl)c1C(=O)CCCOC. The van der Waals surface area contributed by atoms with Gasteiger partial charge >= 0.3 is 0 Å². The molecule has 0 bridgehead atoms. The molecule has 0 atom stereocenters. The van der Waals surface area contributed by atoms with E-state index in [-0.39, 0.29) is 5.78 Å². The number of Topliss-reactive ketones (excluding diaryl/α,β-unsaturated/α-hetero) is 1. The number of ether oxygens (including phenoxy) is 1. The van der Waals surface area contributed by atoms with Gasteiger partial charge in [0.15, 0.2) is 5.78 Å². The summed E-state index contributed by atoms with van der Waals surface area (Å²) in [5.41, 5.74) is 0.510. The number of methoxy groups -OCH3 is 1. The monoisotopic (exact) mass is 230 g/mol. The molecule has 0 N–H and O–H groups in total. The molecule has 1 aromatic rings. The summed E-state index contributed by atoms with van der Waals surface area (Å²) in [6, 6.07) is 0. The normalized spacial score (nSPS) is 10.6. The highest BCUT2D eigenvalue weighted by Crippen LogP contribution is 2.17. The topological polar surface area (TPSA) is 44.1 Å². The van der Waals surface area contributed by atoms with Gasteiger partial charge in [0.1, 0.15) is 5.69 Å². The number of carbonyl (C=O) groups is 1. The molecule has 0 aromatic carbocycles. The number of halogens is 1. The van der Waals surface area contributed by atoms with Crippen LogP contribution in [-0.4, -0.2) is 29.3 Å². The first kappa shape index (κ1) is 12.2. The Bertz CT molecular complexity index is 336. The van der Waals surface area contributed by atoms with Crippen molar-refractivity contribution in [1.82, 2.24) is 9.78 Å². The molecule has 0 unspecified atom stereocenters. The van der Waals surface area contributed by atoms with Crippen molar-refractivity contribution in [2.24, 2.45) is 0 Å². The molecule has 5 heteroatoms. The highest BCUT2D eigenvalue weighted by molar-refractivity contribution is 6.33. The minimum Gasteiger partial charge on any atom is -0.385 e. The van der Waals surface area contributed by atoms with Gasteiger partial charge in [-0.25, -0.2) is 0 Å². The van der Waals surface area contributed by atoms with Crippen LogP contribution < -0.4 is 0 Å². The zero-order valence-corrected chi connectivity index (χ0v) is 9.75. The maximum atomic E-state index is 11.8. The van der Waals surface area contributed by atoms with Gasteiger partial charge in [0.05, 0.1) is 11.2 Å². The van der Waals surface area contributed by atoms with Gasteiger partial charge in [0.2, 0.25) is 0 Å². The van der Waals surface area contributed by atoms with Gasteiger partial charge in [-0.05, 0) is 13.3 Å². The molecule has 0 spiro atoms. The van der Waals surface area contributed by atoms with Crippen LogP contribution in [0.3, 0.4) is 0 Å². The average Bonchev–Trinajstić information content (AvgIpc) is 2.59. The van der Waals surface area contributed by atoms with Crippen molar-refractivity contribution in [2.45, 2.75) is 26.3 Å². The van der Waals surface area contributed by atoms with E-state index < -0.39 is 0 Å². The Morgan fingerprint density at radius 3 is 3.00 bits per heavy atom. The minimum absolute atomic E-state index is 0.0244. The quantitative estimate of drug-likeness (QED) is 0.556. The Balaban J connectivity index is 2.67. The molecular weight excluding hydrogens is 216 g/mol. The molecule has 0 fully saturated rings. The Labute approximate surface area is 94.2 Å². The van der Waals surface area contributed by atoms with E-state index in [1.54, 1.807) is 11.8 Å². The number of aryl methyl sites for hydroxylation is 1. The Morgan fingerprint density at radius 1 is 1.67 bits per heavy atom. The average molecular weight is 231 g/mol. The van der Waals surface area contributed by atoms with Gasteiger partial charge in [0, 0.05) is 26.7 Å². The van der Waals surface area contributed by atoms with Crippen molar-refractivity contribution in [2.75, 3.05) is 13.7 Å². The molecule has 0 aliphatic carbocycles. The van der Waals surface area contributed by atoms with Crippen LogP contribution in [0.4, 0.5) is 0 Å². The van der Waals surface area contributed by atoms with Gasteiger partial charge in [-0.15, -0.1) is 0 Å². The molecule has 0 saturated carbocycles. The lowest BCUT2D eigenvalue weighted by atomic mass is 10.2. The number of carbonyl (C=O) groups excluding carboxylic acids is 1. The first-order valence-corrected chi connectivity index (χ1v) is 5.32. The Morgan fingerprint density at radius 2 is 2.40 bits per heavy atom. The van der Waals surface area contributed by atoms with Gasteiger partial charge in [-0.3, -0.25) is 9.48 Å². The molecule has 1 rings (SSSR count). The maximum Gasteiger partial charge on any atom is 0.182 e. The van der Waals surface area contributed by atoms with Crippen LogP contribution in [-0.2, 0) is 11.3 Å². The van der Waals surface area contributed by atoms with E-state index in [0.29, 0.717) is 36.7 Å². The summed E-state index contributed by atoms with van der Waals surface area (Å²) in [4.78, 5) is 11.8. The van der Waals surface area contributed by atoms with E-state index in [2.05, 4.69) is 5.10 Å². The molecule has 0 radical (unpaired) electrons. The fourth-order valence-corrected chi connectivity index (χ4v) is 1.62. The summed E-state index contributed by atoms with van der Waals surface area (Å²) in [6.45, 7) is 3.16. The second-order valence-corrected chi connectivity index (χ2v) is 3.58. The number of rotatable bonds is 6. The standard InChI is InChI=1S/C10H15ClN2O2/c1-3-13-10(8(11)7-12-13)9(14)5-4-6-15-2/h7H,3-6H2,1-2H3. The smallest absolute Gasteiger partial charge is 0.182 e. The molecule has 0 saturated heterocycles. The van der Waals surface area contributed by atoms with Crippen LogP contribution in [0.5, 0.6) is 0 Å². The predicted octanol–water partition coefficient (Wildman–Crippen LogP) is 2.17. The largest absolute Gasteiger partial charge is 0.385 e. The Hall–Kier alpha value is -0.870. The molecule has 1 aromatic heterocycles. The summed E-state index contributed by atoms with van der Waals surface area (Å²) < 4.78 is 6.51. The van der Waals surface area contributed by atoms with Crippen molar-refractivity contribution in [1.29, 1.82) is 0 Å². The number of ketones is 1. The van der Waals surface area contributed by atoms with E-state index in [1.165, 1.54) is 6.20 Å². The van der Waals surface area contributed by atoms with Crippen LogP contribution in [0.1, 0.15) is 30.3 Å². The molecule has 0 aliphatic heterocycles. The fraction of sp³-hybridized carbons (Fsp3) is 0.600. The van der Waals surface area contributed by atoms with Gasteiger partial charge in [0.25, 0.3) is 0 Å². The summed E-state index contributed by atoms with van der Waals surface area (Å²) >= 11 is 5.90. The van der Waals surface area contributed by atoms with E-state index >= 15 is 0 Å². The molecule has 0 amide bonds. The zero-order chi connectivity index (χ0) is 11.3. The van der Waals surface area contributed by atoms with Gasteiger partial charge < -0.3 is 4.74 Å². The van der Waals surface area contributed by atoms with Crippen molar-refractivity contribution >= 4 is 17.4 Å². The number of hydrogen-bond donors (Lipinski definition) is 0. The molecule has 0 aliphatic rings. The lowest BCUT2D eigenvalue weighted by molar-refractivity contribution is 0.0953. The summed E-state index contributed by atoms with van der Waals surface area (Å²) in [6.07, 6.45) is 2.66. The summed E-state index contributed by atoms with van der Waals surface area (Å²) in [7, 11) is 1.62. The molecule has 15 heavy (non-hydrogen) atoms. The first-order valence-electron chi connectivity index (χ1n) is 4.94. The third kappa shape index (κ3) is 3.04. The second kappa shape index (κ2) is 5.88. The van der Waals surface area contributed by atoms with Crippen LogP contribution in [0.15, 0.2) is 6.20 Å². The molecular formula is C10H15ClN2O2. The van der Waals surface area contributed by atoms with E-state index in [0.717, 1.165) is 0 Å². The molecule has 4 nitrogen and oxygen atoms in total. The second-order valence-electron chi connectivity index (χ2n) is 3.18. The number of aromatic nitrogens is 2. The van der Waals surface area contributed by atoms with Crippen LogP contribution >= 0.6 is 11.6 Å². The summed E-state index contributed by atoms with van der Waals surface area (Å²) in [5.74, 6) is 0.0244. The van der Waals surface area contributed by atoms with E-state index in [1.807, 2.05) is 6.92 Å². The minimum atomic E-state index is 0.0244. The Kier molecular flexibility index (Phi) is 4.78. The predicted molar refractivity (Wildman–Crippen MR) is 58.4 cm³/mol. The van der Waals surface area contributed by atoms with E-state index in [9.17, 15) is 4.79 Å². The van der Waals surface area contributed by atoms with Crippen LogP contribution in [0.2, 0.25) is 5.02 Å². The van der Waals surface area contributed by atoms with Gasteiger partial charge in [-0.1, -0.05) is 11.6 Å². The fourth-order valence-electron chi connectivity index (χ4n) is 1.37. The van der Waals surface area contributed by atoms with Gasteiger partial charge in [-0.2, -0.15) is 5.10 Å². The lowest BCUT2D eigenvalue weighted by Crippen LogP contribution is -2.10. The first-order chi connectivity index (χ1) is 7.20. The maximum absolute atomic E-state index is 11.8. The highest BCUT2D eigenvalue weighted by Gasteiger charge is 2.15. The van der Waals surface area contributed by atoms with E-state index in [4.69, 9.17) is 16.3 Å². The summed E-state index contributed by atoms with van der Waals surface area (Å²) in [5, 5.41) is 4.45. The van der Waals surface area contributed by atoms with Crippen molar-refractivity contribution < 1.29 is 9.53 Å². The third-order valence-corrected chi connectivity index (χ3v) is 2.39. The molecule has 84 valence electrons. The van der Waals surface area contributed by atoms with Crippen molar-refractivity contribution in [3.05, 3.63) is 16.9 Å². The number of nitrogens with zero attached hydrogens (tertiary/aromatic N) is 2. The van der Waals surface area contributed by atoms with Crippen molar-refractivity contribution in [3.8, 4) is 0 Å². The highest BCUT2D eigenvalue weighted by atomic mass is 35.5. The van der Waals surface area contributed by atoms with Crippen molar-refractivity contribution in [3.63, 3.8) is 0 Å². The third-order valence-electron chi connectivity index (χ3n) is 2.11. The number of hydrogen-bond acceptors (Lipinski definition) is 3.